The van der Waals surface area contributed by atoms with Gasteiger partial charge in [0.15, 0.2) is 11.6 Å². The van der Waals surface area contributed by atoms with Crippen molar-refractivity contribution in [1.82, 2.24) is 0 Å². The summed E-state index contributed by atoms with van der Waals surface area (Å²) in [6.45, 7) is 6.12. The van der Waals surface area contributed by atoms with Crippen molar-refractivity contribution in [3.63, 3.8) is 0 Å². The molecule has 2 saturated carbocycles. The predicted molar refractivity (Wildman–Crippen MR) is 109 cm³/mol. The molecule has 4 rings (SSSR count). The molecule has 2 nitrogen and oxygen atoms in total. The lowest BCUT2D eigenvalue weighted by atomic mass is 9.64. The predicted octanol–water partition coefficient (Wildman–Crippen LogP) is 5.77. The van der Waals surface area contributed by atoms with E-state index in [1.54, 1.807) is 6.08 Å². The Labute approximate surface area is 163 Å². The molecule has 1 aromatic carbocycles. The van der Waals surface area contributed by atoms with Crippen LogP contribution in [-0.4, -0.2) is 11.6 Å². The number of ketones is 2. The zero-order valence-corrected chi connectivity index (χ0v) is 17.0. The molecule has 0 aliphatic heterocycles. The van der Waals surface area contributed by atoms with Crippen molar-refractivity contribution in [2.75, 3.05) is 0 Å². The van der Waals surface area contributed by atoms with Crippen LogP contribution < -0.4 is 0 Å². The molecular weight excluding hydrogens is 332 g/mol. The third kappa shape index (κ3) is 3.44. The summed E-state index contributed by atoms with van der Waals surface area (Å²) in [5, 5.41) is 0. The topological polar surface area (TPSA) is 34.1 Å². The number of allylic oxidation sites excluding steroid dienone is 2. The Morgan fingerprint density at radius 3 is 2.30 bits per heavy atom. The highest BCUT2D eigenvalue weighted by molar-refractivity contribution is 6.25. The molecule has 0 amide bonds. The monoisotopic (exact) mass is 364 g/mol. The highest BCUT2D eigenvalue weighted by Gasteiger charge is 2.41. The van der Waals surface area contributed by atoms with Crippen molar-refractivity contribution < 1.29 is 9.59 Å². The molecule has 0 aromatic heterocycles. The minimum atomic E-state index is -0.591. The maximum absolute atomic E-state index is 13.3. The Morgan fingerprint density at radius 2 is 1.56 bits per heavy atom. The zero-order chi connectivity index (χ0) is 19.1. The molecule has 2 fully saturated rings. The molecule has 0 N–H and O–H groups in total. The van der Waals surface area contributed by atoms with Crippen LogP contribution in [0.25, 0.3) is 0 Å². The lowest BCUT2D eigenvalue weighted by molar-refractivity contribution is -0.123. The summed E-state index contributed by atoms with van der Waals surface area (Å²) in [6.07, 6.45) is 11.8. The van der Waals surface area contributed by atoms with Crippen molar-refractivity contribution in [1.29, 1.82) is 0 Å². The third-order valence-electron chi connectivity index (χ3n) is 7.41. The second-order valence-corrected chi connectivity index (χ2v) is 9.29. The normalized spacial score (nSPS) is 31.0. The van der Waals surface area contributed by atoms with Gasteiger partial charge in [-0.25, -0.2) is 0 Å². The molecule has 3 aliphatic rings. The van der Waals surface area contributed by atoms with Crippen LogP contribution in [0, 0.1) is 38.5 Å². The average Bonchev–Trinajstić information content (AvgIpc) is 2.89. The van der Waals surface area contributed by atoms with Crippen LogP contribution >= 0.6 is 0 Å². The summed E-state index contributed by atoms with van der Waals surface area (Å²) in [5.41, 5.74) is 5.07. The molecule has 0 saturated heterocycles. The average molecular weight is 365 g/mol. The summed E-state index contributed by atoms with van der Waals surface area (Å²) in [6, 6.07) is 4.18. The number of hydrogen-bond acceptors (Lipinski definition) is 2. The fourth-order valence-electron chi connectivity index (χ4n) is 6.33. The number of carbonyl (C=O) groups is 2. The van der Waals surface area contributed by atoms with Crippen LogP contribution in [0.5, 0.6) is 0 Å². The molecule has 3 aliphatic carbocycles. The summed E-state index contributed by atoms with van der Waals surface area (Å²) < 4.78 is 0. The molecule has 4 atom stereocenters. The van der Waals surface area contributed by atoms with E-state index in [4.69, 9.17) is 0 Å². The molecule has 27 heavy (non-hydrogen) atoms. The van der Waals surface area contributed by atoms with Crippen LogP contribution in [0.2, 0.25) is 0 Å². The Bertz CT molecular complexity index is 776. The van der Waals surface area contributed by atoms with Crippen molar-refractivity contribution in [3.05, 3.63) is 46.0 Å². The van der Waals surface area contributed by atoms with Gasteiger partial charge in [-0.3, -0.25) is 9.59 Å². The van der Waals surface area contributed by atoms with Gasteiger partial charge in [0.2, 0.25) is 0 Å². The molecular formula is C25H32O2. The fourth-order valence-corrected chi connectivity index (χ4v) is 6.33. The molecule has 4 unspecified atom stereocenters. The van der Waals surface area contributed by atoms with Gasteiger partial charge in [0.25, 0.3) is 0 Å². The van der Waals surface area contributed by atoms with Crippen molar-refractivity contribution in [3.8, 4) is 0 Å². The third-order valence-corrected chi connectivity index (χ3v) is 7.41. The standard InChI is InChI=1S/C25H32O2/c1-15-11-16(2)23(17(3)12-15)24-22(26)14-20(25(24)27)13-19-9-6-8-18-7-4-5-10-21(18)19/h11-12,14,18-19,21,24H,4-10,13H2,1-3H3. The first kappa shape index (κ1) is 18.7. The number of aryl methyl sites for hydroxylation is 3. The van der Waals surface area contributed by atoms with Gasteiger partial charge in [-0.2, -0.15) is 0 Å². The quantitative estimate of drug-likeness (QED) is 0.638. The first-order valence-electron chi connectivity index (χ1n) is 10.8. The van der Waals surface area contributed by atoms with Gasteiger partial charge in [-0.1, -0.05) is 49.8 Å². The number of Topliss-reactive ketones (excluding diaryl/α,β-unsaturated/α-hetero) is 1. The first-order valence-corrected chi connectivity index (χ1v) is 10.8. The Kier molecular flexibility index (Phi) is 5.09. The van der Waals surface area contributed by atoms with Gasteiger partial charge < -0.3 is 0 Å². The fraction of sp³-hybridized carbons (Fsp3) is 0.600. The summed E-state index contributed by atoms with van der Waals surface area (Å²) >= 11 is 0. The SMILES string of the molecule is Cc1cc(C)c(C2C(=O)C=C(CC3CCCC4CCCCC43)C2=O)c(C)c1. The first-order chi connectivity index (χ1) is 13.0. The van der Waals surface area contributed by atoms with Crippen molar-refractivity contribution in [2.24, 2.45) is 17.8 Å². The second kappa shape index (κ2) is 7.37. The summed E-state index contributed by atoms with van der Waals surface area (Å²) in [4.78, 5) is 26.1. The van der Waals surface area contributed by atoms with Crippen molar-refractivity contribution >= 4 is 11.6 Å². The van der Waals surface area contributed by atoms with Gasteiger partial charge >= 0.3 is 0 Å². The lowest BCUT2D eigenvalue weighted by Crippen LogP contribution is -2.31. The van der Waals surface area contributed by atoms with E-state index in [2.05, 4.69) is 19.1 Å². The smallest absolute Gasteiger partial charge is 0.174 e. The summed E-state index contributed by atoms with van der Waals surface area (Å²) in [5.74, 6) is 1.73. The van der Waals surface area contributed by atoms with E-state index in [1.165, 1.54) is 50.5 Å². The minimum Gasteiger partial charge on any atom is -0.294 e. The lowest BCUT2D eigenvalue weighted by Gasteiger charge is -2.41. The largest absolute Gasteiger partial charge is 0.294 e. The molecule has 0 radical (unpaired) electrons. The number of carbonyl (C=O) groups excluding carboxylic acids is 2. The van der Waals surface area contributed by atoms with Gasteiger partial charge in [0.05, 0.1) is 0 Å². The van der Waals surface area contributed by atoms with E-state index in [0.29, 0.717) is 5.92 Å². The highest BCUT2D eigenvalue weighted by Crippen LogP contribution is 2.47. The van der Waals surface area contributed by atoms with E-state index in [1.807, 2.05) is 13.8 Å². The number of hydrogen-bond donors (Lipinski definition) is 0. The van der Waals surface area contributed by atoms with E-state index < -0.39 is 5.92 Å². The molecule has 0 bridgehead atoms. The maximum atomic E-state index is 13.3. The van der Waals surface area contributed by atoms with Gasteiger partial charge in [0, 0.05) is 5.57 Å². The number of rotatable bonds is 3. The van der Waals surface area contributed by atoms with Gasteiger partial charge in [-0.15, -0.1) is 0 Å². The Morgan fingerprint density at radius 1 is 0.889 bits per heavy atom. The maximum Gasteiger partial charge on any atom is 0.174 e. The van der Waals surface area contributed by atoms with Crippen LogP contribution in [0.3, 0.4) is 0 Å². The molecule has 0 heterocycles. The number of fused-ring (bicyclic) bond motifs is 1. The highest BCUT2D eigenvalue weighted by atomic mass is 16.2. The Balaban J connectivity index is 1.55. The zero-order valence-electron chi connectivity index (χ0n) is 17.0. The van der Waals surface area contributed by atoms with E-state index in [0.717, 1.165) is 40.5 Å². The van der Waals surface area contributed by atoms with E-state index in [9.17, 15) is 9.59 Å². The van der Waals surface area contributed by atoms with Crippen molar-refractivity contribution in [2.45, 2.75) is 78.1 Å². The van der Waals surface area contributed by atoms with Gasteiger partial charge in [0.1, 0.15) is 5.92 Å². The van der Waals surface area contributed by atoms with E-state index >= 15 is 0 Å². The van der Waals surface area contributed by atoms with Crippen LogP contribution in [0.4, 0.5) is 0 Å². The van der Waals surface area contributed by atoms with Crippen LogP contribution in [0.15, 0.2) is 23.8 Å². The molecule has 2 heteroatoms. The Hall–Kier alpha value is -1.70. The number of benzene rings is 1. The van der Waals surface area contributed by atoms with Gasteiger partial charge in [-0.05, 0) is 80.6 Å². The van der Waals surface area contributed by atoms with E-state index in [-0.39, 0.29) is 11.6 Å². The molecule has 1 aromatic rings. The second-order valence-electron chi connectivity index (χ2n) is 9.29. The molecule has 0 spiro atoms. The summed E-state index contributed by atoms with van der Waals surface area (Å²) in [7, 11) is 0. The molecule has 144 valence electrons. The van der Waals surface area contributed by atoms with Crippen LogP contribution in [0.1, 0.15) is 79.5 Å². The van der Waals surface area contributed by atoms with Crippen LogP contribution in [-0.2, 0) is 9.59 Å². The minimum absolute atomic E-state index is 0.000978.